The number of aryl methyl sites for hydroxylation is 1. The van der Waals surface area contributed by atoms with Crippen molar-refractivity contribution in [2.24, 2.45) is 0 Å². The quantitative estimate of drug-likeness (QED) is 0.564. The molecule has 1 aliphatic heterocycles. The van der Waals surface area contributed by atoms with E-state index >= 15 is 0 Å². The van der Waals surface area contributed by atoms with Gasteiger partial charge in [-0.25, -0.2) is 8.42 Å². The van der Waals surface area contributed by atoms with Gasteiger partial charge < -0.3 is 14.4 Å². The van der Waals surface area contributed by atoms with Crippen molar-refractivity contribution in [2.45, 2.75) is 39.4 Å². The molecule has 0 N–H and O–H groups in total. The van der Waals surface area contributed by atoms with E-state index in [1.807, 2.05) is 13.8 Å². The number of alkyl halides is 2. The lowest BCUT2D eigenvalue weighted by atomic mass is 10.1. The van der Waals surface area contributed by atoms with Crippen LogP contribution in [0, 0.1) is 0 Å². The van der Waals surface area contributed by atoms with E-state index in [-0.39, 0.29) is 49.6 Å². The number of hydrogen-bond donors (Lipinski definition) is 0. The monoisotopic (exact) mass is 434 g/mol. The van der Waals surface area contributed by atoms with E-state index in [1.54, 1.807) is 17.0 Å². The number of ether oxygens (including phenoxy) is 2. The molecule has 10 heteroatoms. The molecule has 1 amide bonds. The average molecular weight is 435 g/mol. The van der Waals surface area contributed by atoms with Crippen LogP contribution in [-0.2, 0) is 26.0 Å². The Morgan fingerprint density at radius 1 is 1.10 bits per heavy atom. The summed E-state index contributed by atoms with van der Waals surface area (Å²) >= 11 is 0. The molecule has 0 unspecified atom stereocenters. The minimum absolute atomic E-state index is 0.0206. The second-order valence-electron chi connectivity index (χ2n) is 7.04. The van der Waals surface area contributed by atoms with Crippen LogP contribution in [0.25, 0.3) is 0 Å². The maximum absolute atomic E-state index is 12.4. The number of sulfonamides is 1. The predicted octanol–water partition coefficient (Wildman–Crippen LogP) is 2.12. The van der Waals surface area contributed by atoms with Crippen molar-refractivity contribution >= 4 is 15.9 Å². The standard InChI is InChI=1S/C19H28F2N2O5S/c1-15(2)27-13-14-29(25,26)23-11-9-22(10-12-23)18(24)8-5-16-3-6-17(7-4-16)28-19(20)21/h3-4,6-7,15,19H,5,8-14H2,1-2H3. The zero-order chi connectivity index (χ0) is 21.4. The van der Waals surface area contributed by atoms with Gasteiger partial charge in [-0.3, -0.25) is 4.79 Å². The third kappa shape index (κ3) is 7.87. The Bertz CT molecular complexity index is 748. The van der Waals surface area contributed by atoms with Gasteiger partial charge in [-0.1, -0.05) is 12.1 Å². The second-order valence-corrected chi connectivity index (χ2v) is 9.13. The van der Waals surface area contributed by atoms with E-state index in [2.05, 4.69) is 4.74 Å². The molecule has 7 nitrogen and oxygen atoms in total. The lowest BCUT2D eigenvalue weighted by molar-refractivity contribution is -0.132. The number of halogens is 2. The molecule has 0 aliphatic carbocycles. The zero-order valence-electron chi connectivity index (χ0n) is 16.7. The Morgan fingerprint density at radius 2 is 1.72 bits per heavy atom. The third-order valence-electron chi connectivity index (χ3n) is 4.55. The molecule has 1 heterocycles. The Morgan fingerprint density at radius 3 is 2.28 bits per heavy atom. The summed E-state index contributed by atoms with van der Waals surface area (Å²) in [5, 5.41) is 0. The Kier molecular flexibility index (Phi) is 8.79. The molecule has 164 valence electrons. The first-order valence-corrected chi connectivity index (χ1v) is 11.2. The van der Waals surface area contributed by atoms with Crippen LogP contribution < -0.4 is 4.74 Å². The van der Waals surface area contributed by atoms with Crippen LogP contribution in [0.2, 0.25) is 0 Å². The minimum Gasteiger partial charge on any atom is -0.435 e. The summed E-state index contributed by atoms with van der Waals surface area (Å²) in [6, 6.07) is 6.18. The number of piperazine rings is 1. The highest BCUT2D eigenvalue weighted by molar-refractivity contribution is 7.89. The van der Waals surface area contributed by atoms with E-state index in [1.165, 1.54) is 16.4 Å². The van der Waals surface area contributed by atoms with Crippen LogP contribution in [0.1, 0.15) is 25.8 Å². The van der Waals surface area contributed by atoms with Gasteiger partial charge >= 0.3 is 6.61 Å². The number of nitrogens with zero attached hydrogens (tertiary/aromatic N) is 2. The van der Waals surface area contributed by atoms with Gasteiger partial charge in [-0.05, 0) is 38.0 Å². The van der Waals surface area contributed by atoms with Gasteiger partial charge in [0.15, 0.2) is 0 Å². The molecule has 0 bridgehead atoms. The fourth-order valence-corrected chi connectivity index (χ4v) is 4.27. The van der Waals surface area contributed by atoms with Crippen molar-refractivity contribution in [3.63, 3.8) is 0 Å². The van der Waals surface area contributed by atoms with E-state index in [4.69, 9.17) is 4.74 Å². The summed E-state index contributed by atoms with van der Waals surface area (Å²) in [5.41, 5.74) is 0.839. The minimum atomic E-state index is -3.39. The Hall–Kier alpha value is -1.78. The second kappa shape index (κ2) is 10.8. The smallest absolute Gasteiger partial charge is 0.387 e. The predicted molar refractivity (Wildman–Crippen MR) is 104 cm³/mol. The van der Waals surface area contributed by atoms with Crippen LogP contribution in [0.4, 0.5) is 8.78 Å². The van der Waals surface area contributed by atoms with Crippen molar-refractivity contribution < 1.29 is 31.5 Å². The van der Waals surface area contributed by atoms with Gasteiger partial charge in [0.1, 0.15) is 5.75 Å². The van der Waals surface area contributed by atoms with Crippen LogP contribution in [0.5, 0.6) is 5.75 Å². The Labute approximate surface area is 170 Å². The van der Waals surface area contributed by atoms with Gasteiger partial charge in [-0.2, -0.15) is 13.1 Å². The summed E-state index contributed by atoms with van der Waals surface area (Å²) < 4.78 is 60.0. The van der Waals surface area contributed by atoms with Crippen LogP contribution in [0.3, 0.4) is 0 Å². The third-order valence-corrected chi connectivity index (χ3v) is 6.39. The topological polar surface area (TPSA) is 76.2 Å². The number of benzene rings is 1. The summed E-state index contributed by atoms with van der Waals surface area (Å²) in [6.45, 7) is 2.23. The van der Waals surface area contributed by atoms with Gasteiger partial charge in [-0.15, -0.1) is 0 Å². The summed E-state index contributed by atoms with van der Waals surface area (Å²) in [6.07, 6.45) is 0.718. The average Bonchev–Trinajstić information content (AvgIpc) is 2.66. The van der Waals surface area contributed by atoms with Gasteiger partial charge in [0.05, 0.1) is 18.5 Å². The fraction of sp³-hybridized carbons (Fsp3) is 0.632. The van der Waals surface area contributed by atoms with Gasteiger partial charge in [0.25, 0.3) is 0 Å². The summed E-state index contributed by atoms with van der Waals surface area (Å²) in [5.74, 6) is -0.0472. The van der Waals surface area contributed by atoms with E-state index in [9.17, 15) is 22.0 Å². The molecule has 0 radical (unpaired) electrons. The zero-order valence-corrected chi connectivity index (χ0v) is 17.5. The highest BCUT2D eigenvalue weighted by atomic mass is 32.2. The van der Waals surface area contributed by atoms with E-state index in [0.717, 1.165) is 5.56 Å². The highest BCUT2D eigenvalue weighted by Gasteiger charge is 2.28. The van der Waals surface area contributed by atoms with Crippen molar-refractivity contribution in [1.29, 1.82) is 0 Å². The van der Waals surface area contributed by atoms with Crippen molar-refractivity contribution in [3.05, 3.63) is 29.8 Å². The van der Waals surface area contributed by atoms with Crippen LogP contribution >= 0.6 is 0 Å². The first kappa shape index (κ1) is 23.5. The van der Waals surface area contributed by atoms with Crippen LogP contribution in [-0.4, -0.2) is 74.8 Å². The normalized spacial score (nSPS) is 15.9. The molecule has 2 rings (SSSR count). The molecule has 0 aromatic heterocycles. The number of hydrogen-bond acceptors (Lipinski definition) is 5. The molecule has 1 aromatic carbocycles. The first-order valence-electron chi connectivity index (χ1n) is 9.58. The summed E-state index contributed by atoms with van der Waals surface area (Å²) in [4.78, 5) is 14.1. The fourth-order valence-electron chi connectivity index (χ4n) is 2.98. The molecular weight excluding hydrogens is 406 g/mol. The molecule has 1 saturated heterocycles. The molecule has 1 fully saturated rings. The van der Waals surface area contributed by atoms with Gasteiger partial charge in [0, 0.05) is 32.6 Å². The van der Waals surface area contributed by atoms with Gasteiger partial charge in [0.2, 0.25) is 15.9 Å². The van der Waals surface area contributed by atoms with Crippen molar-refractivity contribution in [1.82, 2.24) is 9.21 Å². The van der Waals surface area contributed by atoms with Crippen LogP contribution in [0.15, 0.2) is 24.3 Å². The molecule has 0 atom stereocenters. The SMILES string of the molecule is CC(C)OCCS(=O)(=O)N1CCN(C(=O)CCc2ccc(OC(F)F)cc2)CC1. The van der Waals surface area contributed by atoms with Crippen molar-refractivity contribution in [3.8, 4) is 5.75 Å². The number of amides is 1. The number of carbonyl (C=O) groups excluding carboxylic acids is 1. The maximum atomic E-state index is 12.4. The first-order chi connectivity index (χ1) is 13.7. The largest absolute Gasteiger partial charge is 0.435 e. The van der Waals surface area contributed by atoms with E-state index in [0.29, 0.717) is 19.5 Å². The highest BCUT2D eigenvalue weighted by Crippen LogP contribution is 2.16. The molecule has 0 spiro atoms. The lowest BCUT2D eigenvalue weighted by Gasteiger charge is -2.34. The Balaban J connectivity index is 1.75. The lowest BCUT2D eigenvalue weighted by Crippen LogP contribution is -2.51. The van der Waals surface area contributed by atoms with Crippen molar-refractivity contribution in [2.75, 3.05) is 38.5 Å². The summed E-state index contributed by atoms with van der Waals surface area (Å²) in [7, 11) is -3.39. The maximum Gasteiger partial charge on any atom is 0.387 e. The number of rotatable bonds is 10. The molecule has 1 aliphatic rings. The van der Waals surface area contributed by atoms with E-state index < -0.39 is 16.6 Å². The molecule has 29 heavy (non-hydrogen) atoms. The molecular formula is C19H28F2N2O5S. The molecule has 0 saturated carbocycles. The molecule has 1 aromatic rings. The number of carbonyl (C=O) groups is 1.